The van der Waals surface area contributed by atoms with Gasteiger partial charge >= 0.3 is 23.9 Å². The largest absolute Gasteiger partial charge is 0.477 e. The molecule has 8 aromatic rings. The van der Waals surface area contributed by atoms with Crippen molar-refractivity contribution in [3.05, 3.63) is 223 Å². The fourth-order valence-corrected chi connectivity index (χ4v) is 26.3. The maximum absolute atomic E-state index is 12.2. The summed E-state index contributed by atoms with van der Waals surface area (Å²) in [5.41, 5.74) is 4.28. The number of ketones is 1. The van der Waals surface area contributed by atoms with Crippen LogP contribution in [0.5, 0.6) is 0 Å². The van der Waals surface area contributed by atoms with Crippen LogP contribution in [0.3, 0.4) is 0 Å². The van der Waals surface area contributed by atoms with Crippen LogP contribution in [0.4, 0.5) is 0 Å². The van der Waals surface area contributed by atoms with Crippen molar-refractivity contribution in [2.45, 2.75) is 253 Å². The molecule has 0 radical (unpaired) electrons. The molecular weight excluding hydrogens is 2120 g/mol. The number of carbonyl (C=O) groups is 8. The molecule has 16 atom stereocenters. The number of amides is 3. The number of rotatable bonds is 45. The lowest BCUT2D eigenvalue weighted by Gasteiger charge is -2.23. The molecule has 0 aliphatic heterocycles. The Morgan fingerprint density at radius 2 is 0.564 bits per heavy atom. The molecule has 0 bridgehead atoms. The van der Waals surface area contributed by atoms with Gasteiger partial charge in [0, 0.05) is 135 Å². The smallest absolute Gasteiger partial charge is 0.348 e. The number of carbonyl (C=O) groups excluding carboxylic acids is 6. The van der Waals surface area contributed by atoms with Gasteiger partial charge in [-0.25, -0.2) is 19.2 Å². The second-order valence-electron chi connectivity index (χ2n) is 35.8. The summed E-state index contributed by atoms with van der Waals surface area (Å²) in [4.78, 5) is 94.7. The van der Waals surface area contributed by atoms with Gasteiger partial charge in [-0.3, -0.25) is 14.4 Å². The SMILES string of the molecule is CC(=O)CCCOC(=O)c1ccc(CCC[C@@H]2[C@@H](CCc3cc(Cl)cc(Cl)c3)[C@H](O)C[C@H]2Cl)s1.CC(=O)NCCCO.CC(=O)NCCCOC(=O)c1ccc(CCC[C@@H]2[C@@H](CCc3cc(Cl)cc(Cl)c3)[C@H](O)C[C@H]2Cl)s1.CC(=O)NCCO.O=C(O)c1ccc(CCC[C@@H]2[C@@H](CCc3cc(Cl)cc(Cl)c3)[C@H](O)C[C@H]2Cl)s1.O=C(O)c1ccc(CCC[C@@H]2[C@@H](CCc3cc(Cl)cc(Cl)c3)[C@H](O)C[C@H]2Cl)s1. The van der Waals surface area contributed by atoms with Gasteiger partial charge < -0.3 is 71.1 Å². The van der Waals surface area contributed by atoms with E-state index in [4.69, 9.17) is 169 Å². The molecule has 21 nitrogen and oxygen atoms in total. The van der Waals surface area contributed by atoms with Crippen LogP contribution >= 0.6 is 185 Å². The van der Waals surface area contributed by atoms with E-state index in [0.29, 0.717) is 131 Å². The van der Waals surface area contributed by atoms with Crippen LogP contribution in [0.1, 0.15) is 237 Å². The third kappa shape index (κ3) is 44.9. The maximum Gasteiger partial charge on any atom is 0.348 e. The highest BCUT2D eigenvalue weighted by Gasteiger charge is 2.44. The van der Waals surface area contributed by atoms with Gasteiger partial charge in [0.25, 0.3) is 0 Å². The first kappa shape index (κ1) is 122. The molecule has 0 unspecified atom stereocenters. The number of aliphatic hydroxyl groups excluding tert-OH is 6. The first-order chi connectivity index (χ1) is 66.6. The fraction of sp³-hybridized carbons (Fsp3) is 0.534. The minimum absolute atomic E-state index is 0.0135. The van der Waals surface area contributed by atoms with Gasteiger partial charge in [-0.15, -0.1) is 91.8 Å². The molecule has 4 aromatic heterocycles. The van der Waals surface area contributed by atoms with E-state index in [2.05, 4.69) is 16.0 Å². The van der Waals surface area contributed by atoms with E-state index in [1.54, 1.807) is 48.5 Å². The lowest BCUT2D eigenvalue weighted by molar-refractivity contribution is -0.119. The van der Waals surface area contributed by atoms with Gasteiger partial charge in [0.05, 0.1) is 44.2 Å². The minimum atomic E-state index is -0.878. The lowest BCUT2D eigenvalue weighted by atomic mass is 9.85. The summed E-state index contributed by atoms with van der Waals surface area (Å²) in [6.45, 7) is 7.96. The van der Waals surface area contributed by atoms with E-state index in [-0.39, 0.29) is 143 Å². The van der Waals surface area contributed by atoms with Crippen molar-refractivity contribution in [2.24, 2.45) is 47.3 Å². The Bertz CT molecular complexity index is 4960. The van der Waals surface area contributed by atoms with Crippen molar-refractivity contribution in [1.82, 2.24) is 16.0 Å². The summed E-state index contributed by atoms with van der Waals surface area (Å²) in [5, 5.41) is 89.1. The minimum Gasteiger partial charge on any atom is -0.477 e. The molecular formula is C103H129Cl12N3O18S4. The molecule has 4 saturated carbocycles. The molecule has 4 aliphatic carbocycles. The number of benzene rings is 4. The number of aromatic carboxylic acids is 2. The number of carboxylic acid groups (broad SMARTS) is 2. The highest BCUT2D eigenvalue weighted by Crippen LogP contribution is 2.47. The average molecular weight is 2250 g/mol. The Labute approximate surface area is 898 Å². The zero-order valence-electron chi connectivity index (χ0n) is 78.9. The number of aliphatic hydroxyl groups is 6. The highest BCUT2D eigenvalue weighted by atomic mass is 35.5. The van der Waals surface area contributed by atoms with Crippen molar-refractivity contribution < 1.29 is 88.7 Å². The molecule has 4 aromatic carbocycles. The predicted octanol–water partition coefficient (Wildman–Crippen LogP) is 24.7. The predicted molar refractivity (Wildman–Crippen MR) is 571 cm³/mol. The number of hydrogen-bond acceptors (Lipinski definition) is 20. The van der Waals surface area contributed by atoms with Gasteiger partial charge in [-0.2, -0.15) is 0 Å². The van der Waals surface area contributed by atoms with Gasteiger partial charge in [0.1, 0.15) is 25.3 Å². The molecule has 4 heterocycles. The molecule has 772 valence electrons. The number of alkyl halides is 4. The molecule has 4 aliphatic rings. The van der Waals surface area contributed by atoms with Crippen molar-refractivity contribution >= 4 is 232 Å². The first-order valence-corrected chi connectivity index (χ1v) is 55.4. The second kappa shape index (κ2) is 64.9. The Balaban J connectivity index is 0.000000242. The quantitative estimate of drug-likeness (QED) is 0.00959. The highest BCUT2D eigenvalue weighted by molar-refractivity contribution is 7.15. The second-order valence-corrected chi connectivity index (χ2v) is 46.2. The standard InChI is InChI=1S/C26H32Cl3NO4S.C26H31Cl3O4S.2C21H23Cl3O3S.C5H11NO2.C4H9NO2/c1-16(31)30-10-3-11-34-26(33)25-9-7-20(35-25)4-2-5-21-22(24(32)15-23(21)29)8-6-17-12-18(27)14-19(28)13-17;1-16(30)4-3-11-33-26(32)25-10-8-20(34-25)5-2-6-21-22(24(31)15-23(21)29)9-7-17-12-18(27)14-19(28)13-17;2*22-13-8-12(9-14(23)10-13)4-6-17-16(18(24)11-19(17)25)3-1-2-15-5-7-20(28-15)21(26)27;1-5(8)6-3-2-4-7;1-4(7)5-2-3-6/h7,9,12-14,21-24,32H,2-6,8,10-11,15H2,1H3,(H,30,31);8,10,12-14,21-24,31H,2-7,9,11,15H2,1H3;2*5,7-10,16-19,25H,1-4,6,11H2,(H,26,27);7H,2-4H2,1H3,(H,6,8);6H,2-3H2,1H3,(H,5,7)/t2*21-,22-,23-,24-;2*16-,17-,18-,19-;;/m1111../s1. The average Bonchev–Trinajstić information content (AvgIpc) is 1.69. The zero-order chi connectivity index (χ0) is 103. The fourth-order valence-electron chi connectivity index (χ4n) is 18.3. The van der Waals surface area contributed by atoms with Gasteiger partial charge in [0.2, 0.25) is 17.7 Å². The van der Waals surface area contributed by atoms with E-state index in [0.717, 1.165) is 170 Å². The van der Waals surface area contributed by atoms with Crippen molar-refractivity contribution in [3.63, 3.8) is 0 Å². The van der Waals surface area contributed by atoms with E-state index in [1.165, 1.54) is 73.0 Å². The molecule has 37 heteroatoms. The van der Waals surface area contributed by atoms with Crippen LogP contribution in [0, 0.1) is 47.3 Å². The van der Waals surface area contributed by atoms with Crippen LogP contribution < -0.4 is 16.0 Å². The van der Waals surface area contributed by atoms with Gasteiger partial charge in [-0.1, -0.05) is 92.8 Å². The normalized spacial score (nSPS) is 21.6. The number of ether oxygens (including phenoxy) is 2. The Morgan fingerprint density at radius 3 is 0.800 bits per heavy atom. The van der Waals surface area contributed by atoms with Crippen molar-refractivity contribution in [2.75, 3.05) is 46.1 Å². The van der Waals surface area contributed by atoms with Crippen LogP contribution in [-0.4, -0.2) is 180 Å². The topological polar surface area (TPSA) is 353 Å². The van der Waals surface area contributed by atoms with E-state index in [1.807, 2.05) is 72.8 Å². The van der Waals surface area contributed by atoms with Gasteiger partial charge in [-0.05, 0) is 371 Å². The summed E-state index contributed by atoms with van der Waals surface area (Å²) in [6, 6.07) is 36.9. The van der Waals surface area contributed by atoms with Crippen molar-refractivity contribution in [3.8, 4) is 0 Å². The first-order valence-electron chi connectivity index (χ1n) is 47.3. The summed E-state index contributed by atoms with van der Waals surface area (Å²) in [5.74, 6) is -0.972. The number of aryl methyl sites for hydroxylation is 8. The molecule has 4 fully saturated rings. The number of nitrogens with one attached hydrogen (secondary N) is 3. The number of Topliss-reactive ketones (excluding diaryl/α,β-unsaturated/α-hetero) is 1. The summed E-state index contributed by atoms with van der Waals surface area (Å²) < 4.78 is 10.5. The zero-order valence-corrected chi connectivity index (χ0v) is 91.2. The lowest BCUT2D eigenvalue weighted by Crippen LogP contribution is -2.22. The van der Waals surface area contributed by atoms with E-state index in [9.17, 15) is 58.8 Å². The third-order valence-electron chi connectivity index (χ3n) is 25.0. The molecule has 12 rings (SSSR count). The Kier molecular flexibility index (Phi) is 56.5. The maximum atomic E-state index is 12.2. The number of halogens is 12. The molecule has 3 amide bonds. The monoisotopic (exact) mass is 2240 g/mol. The molecule has 11 N–H and O–H groups in total. The van der Waals surface area contributed by atoms with Crippen LogP contribution in [-0.2, 0) is 80.0 Å². The number of carboxylic acids is 2. The van der Waals surface area contributed by atoms with Crippen LogP contribution in [0.15, 0.2) is 121 Å². The molecule has 0 spiro atoms. The van der Waals surface area contributed by atoms with Crippen LogP contribution in [0.2, 0.25) is 40.2 Å². The summed E-state index contributed by atoms with van der Waals surface area (Å²) in [7, 11) is 0. The van der Waals surface area contributed by atoms with E-state index < -0.39 is 24.1 Å². The Hall–Kier alpha value is -5.12. The van der Waals surface area contributed by atoms with Crippen molar-refractivity contribution in [1.29, 1.82) is 0 Å². The number of thiophene rings is 4. The third-order valence-corrected chi connectivity index (χ3v) is 33.3. The molecule has 140 heavy (non-hydrogen) atoms. The van der Waals surface area contributed by atoms with Gasteiger partial charge in [0.15, 0.2) is 0 Å². The summed E-state index contributed by atoms with van der Waals surface area (Å²) in [6.07, 6.45) is 20.5. The van der Waals surface area contributed by atoms with E-state index >= 15 is 0 Å². The Morgan fingerprint density at radius 1 is 0.314 bits per heavy atom. The number of hydrogen-bond donors (Lipinski definition) is 11. The molecule has 0 saturated heterocycles. The van der Waals surface area contributed by atoms with Crippen LogP contribution in [0.25, 0.3) is 0 Å². The number of esters is 2. The summed E-state index contributed by atoms with van der Waals surface area (Å²) >= 11 is 80.7.